The minimum atomic E-state index is -0.0815. The van der Waals surface area contributed by atoms with Crippen molar-refractivity contribution >= 4 is 28.1 Å². The summed E-state index contributed by atoms with van der Waals surface area (Å²) in [4.78, 5) is 19.6. The molecule has 0 bridgehead atoms. The van der Waals surface area contributed by atoms with Gasteiger partial charge in [0.05, 0.1) is 10.9 Å². The zero-order valence-electron chi connectivity index (χ0n) is 14.2. The van der Waals surface area contributed by atoms with Gasteiger partial charge in [0.2, 0.25) is 0 Å². The van der Waals surface area contributed by atoms with Crippen molar-refractivity contribution in [1.82, 2.24) is 9.88 Å². The maximum Gasteiger partial charge on any atom is 0.264 e. The number of carbonyl (C=O) groups excluding carboxylic acids is 1. The number of thiophene rings is 1. The van der Waals surface area contributed by atoms with Crippen LogP contribution in [0, 0.1) is 0 Å². The molecule has 2 aromatic heterocycles. The molecule has 4 heteroatoms. The molecule has 1 amide bonds. The molecule has 1 N–H and O–H groups in total. The smallest absolute Gasteiger partial charge is 0.264 e. The van der Waals surface area contributed by atoms with E-state index >= 15 is 0 Å². The third-order valence-corrected chi connectivity index (χ3v) is 6.00. The first kappa shape index (κ1) is 15.4. The van der Waals surface area contributed by atoms with Crippen molar-refractivity contribution in [3.8, 4) is 0 Å². The fourth-order valence-electron chi connectivity index (χ4n) is 3.98. The average molecular weight is 358 g/mol. The van der Waals surface area contributed by atoms with Crippen LogP contribution in [0.15, 0.2) is 72.1 Å². The van der Waals surface area contributed by atoms with E-state index in [9.17, 15) is 4.79 Å². The number of aromatic amines is 1. The van der Waals surface area contributed by atoms with Gasteiger partial charge in [-0.2, -0.15) is 0 Å². The van der Waals surface area contributed by atoms with Crippen LogP contribution in [0.25, 0.3) is 10.9 Å². The van der Waals surface area contributed by atoms with Gasteiger partial charge in [0.15, 0.2) is 0 Å². The van der Waals surface area contributed by atoms with Crippen molar-refractivity contribution in [2.45, 2.75) is 12.5 Å². The molecule has 5 rings (SSSR count). The van der Waals surface area contributed by atoms with Crippen molar-refractivity contribution in [2.75, 3.05) is 6.54 Å². The van der Waals surface area contributed by atoms with E-state index in [1.54, 1.807) is 0 Å². The molecule has 1 aliphatic heterocycles. The van der Waals surface area contributed by atoms with Crippen molar-refractivity contribution in [3.05, 3.63) is 93.8 Å². The van der Waals surface area contributed by atoms with E-state index in [1.165, 1.54) is 22.3 Å². The number of nitrogens with one attached hydrogen (secondary N) is 1. The Morgan fingerprint density at radius 2 is 1.81 bits per heavy atom. The summed E-state index contributed by atoms with van der Waals surface area (Å²) in [6, 6.07) is 22.5. The topological polar surface area (TPSA) is 36.1 Å². The molecule has 0 saturated carbocycles. The van der Waals surface area contributed by atoms with E-state index < -0.39 is 0 Å². The Bertz CT molecular complexity index is 1070. The first-order chi connectivity index (χ1) is 12.8. The van der Waals surface area contributed by atoms with Crippen molar-refractivity contribution in [2.24, 2.45) is 0 Å². The third-order valence-electron chi connectivity index (χ3n) is 5.14. The molecule has 1 atom stereocenters. The SMILES string of the molecule is O=C(c1cccs1)N1CCc2c([nH]c3ccccc23)[C@@H]1c1ccccc1. The van der Waals surface area contributed by atoms with Gasteiger partial charge in [0, 0.05) is 23.1 Å². The van der Waals surface area contributed by atoms with Crippen molar-refractivity contribution < 1.29 is 4.79 Å². The number of aromatic nitrogens is 1. The number of hydrogen-bond acceptors (Lipinski definition) is 2. The number of H-pyrrole nitrogens is 1. The molecule has 1 aliphatic rings. The van der Waals surface area contributed by atoms with E-state index in [4.69, 9.17) is 0 Å². The van der Waals surface area contributed by atoms with E-state index in [2.05, 4.69) is 41.4 Å². The van der Waals surface area contributed by atoms with Crippen molar-refractivity contribution in [1.29, 1.82) is 0 Å². The first-order valence-corrected chi connectivity index (χ1v) is 9.70. The monoisotopic (exact) mass is 358 g/mol. The number of nitrogens with zero attached hydrogens (tertiary/aromatic N) is 1. The Morgan fingerprint density at radius 3 is 2.62 bits per heavy atom. The Hall–Kier alpha value is -2.85. The van der Waals surface area contributed by atoms with Crippen LogP contribution in [-0.2, 0) is 6.42 Å². The highest BCUT2D eigenvalue weighted by Gasteiger charge is 2.35. The molecular weight excluding hydrogens is 340 g/mol. The summed E-state index contributed by atoms with van der Waals surface area (Å²) in [5.74, 6) is 0.109. The van der Waals surface area contributed by atoms with Crippen LogP contribution < -0.4 is 0 Å². The van der Waals surface area contributed by atoms with Crippen LogP contribution in [0.3, 0.4) is 0 Å². The normalized spacial score (nSPS) is 16.6. The van der Waals surface area contributed by atoms with Gasteiger partial charge in [0.1, 0.15) is 0 Å². The van der Waals surface area contributed by atoms with Crippen LogP contribution in [0.5, 0.6) is 0 Å². The first-order valence-electron chi connectivity index (χ1n) is 8.82. The highest BCUT2D eigenvalue weighted by atomic mass is 32.1. The maximum absolute atomic E-state index is 13.2. The Kier molecular flexibility index (Phi) is 3.64. The average Bonchev–Trinajstić information content (AvgIpc) is 3.35. The largest absolute Gasteiger partial charge is 0.356 e. The Morgan fingerprint density at radius 1 is 1.00 bits per heavy atom. The molecule has 26 heavy (non-hydrogen) atoms. The number of fused-ring (bicyclic) bond motifs is 3. The van der Waals surface area contributed by atoms with E-state index in [0.29, 0.717) is 0 Å². The van der Waals surface area contributed by atoms with E-state index in [-0.39, 0.29) is 11.9 Å². The highest BCUT2D eigenvalue weighted by molar-refractivity contribution is 7.12. The second-order valence-corrected chi connectivity index (χ2v) is 7.55. The minimum absolute atomic E-state index is 0.0815. The van der Waals surface area contributed by atoms with Crippen LogP contribution in [0.2, 0.25) is 0 Å². The van der Waals surface area contributed by atoms with Crippen LogP contribution in [-0.4, -0.2) is 22.3 Å². The number of carbonyl (C=O) groups is 1. The van der Waals surface area contributed by atoms with Gasteiger partial charge < -0.3 is 9.88 Å². The standard InChI is InChI=1S/C22H18N2OS/c25-22(19-11-6-14-26-19)24-13-12-17-16-9-4-5-10-18(16)23-20(17)21(24)15-7-2-1-3-8-15/h1-11,14,21,23H,12-13H2/t21-/m0/s1. The fraction of sp³-hybridized carbons (Fsp3) is 0.136. The summed E-state index contributed by atoms with van der Waals surface area (Å²) in [6.45, 7) is 0.727. The third kappa shape index (κ3) is 2.37. The molecule has 128 valence electrons. The quantitative estimate of drug-likeness (QED) is 0.537. The van der Waals surface area contributed by atoms with Gasteiger partial charge in [-0.1, -0.05) is 54.6 Å². The maximum atomic E-state index is 13.2. The summed E-state index contributed by atoms with van der Waals surface area (Å²) in [7, 11) is 0. The molecule has 0 aliphatic carbocycles. The van der Waals surface area contributed by atoms with Gasteiger partial charge in [-0.3, -0.25) is 4.79 Å². The molecule has 0 spiro atoms. The lowest BCUT2D eigenvalue weighted by Crippen LogP contribution is -2.40. The number of benzene rings is 2. The summed E-state index contributed by atoms with van der Waals surface area (Å²) < 4.78 is 0. The molecule has 2 aromatic carbocycles. The summed E-state index contributed by atoms with van der Waals surface area (Å²) in [5.41, 5.74) is 4.77. The lowest BCUT2D eigenvalue weighted by molar-refractivity contribution is 0.0697. The van der Waals surface area contributed by atoms with Gasteiger partial charge >= 0.3 is 0 Å². The van der Waals surface area contributed by atoms with Gasteiger partial charge in [-0.05, 0) is 35.1 Å². The number of rotatable bonds is 2. The van der Waals surface area contributed by atoms with E-state index in [1.807, 2.05) is 40.6 Å². The second kappa shape index (κ2) is 6.15. The number of amides is 1. The Balaban J connectivity index is 1.69. The number of hydrogen-bond donors (Lipinski definition) is 1. The summed E-state index contributed by atoms with van der Waals surface area (Å²) in [6.07, 6.45) is 0.875. The molecule has 0 fully saturated rings. The van der Waals surface area contributed by atoms with Gasteiger partial charge in [0.25, 0.3) is 5.91 Å². The Labute approximate surface area is 155 Å². The zero-order chi connectivity index (χ0) is 17.5. The summed E-state index contributed by atoms with van der Waals surface area (Å²) >= 11 is 1.51. The second-order valence-electron chi connectivity index (χ2n) is 6.60. The van der Waals surface area contributed by atoms with Crippen LogP contribution >= 0.6 is 11.3 Å². The van der Waals surface area contributed by atoms with Crippen molar-refractivity contribution in [3.63, 3.8) is 0 Å². The molecule has 3 nitrogen and oxygen atoms in total. The highest BCUT2D eigenvalue weighted by Crippen LogP contribution is 2.39. The minimum Gasteiger partial charge on any atom is -0.356 e. The molecule has 0 radical (unpaired) electrons. The fourth-order valence-corrected chi connectivity index (χ4v) is 4.66. The van der Waals surface area contributed by atoms with Crippen LogP contribution in [0.4, 0.5) is 0 Å². The summed E-state index contributed by atoms with van der Waals surface area (Å²) in [5, 5.41) is 3.23. The van der Waals surface area contributed by atoms with Gasteiger partial charge in [-0.25, -0.2) is 0 Å². The zero-order valence-corrected chi connectivity index (χ0v) is 15.0. The van der Waals surface area contributed by atoms with Crippen LogP contribution in [0.1, 0.15) is 32.5 Å². The van der Waals surface area contributed by atoms with E-state index in [0.717, 1.165) is 34.6 Å². The molecule has 0 saturated heterocycles. The lowest BCUT2D eigenvalue weighted by Gasteiger charge is -2.36. The lowest BCUT2D eigenvalue weighted by atomic mass is 9.92. The molecular formula is C22H18N2OS. The van der Waals surface area contributed by atoms with Gasteiger partial charge in [-0.15, -0.1) is 11.3 Å². The molecule has 0 unspecified atom stereocenters. The predicted octanol–water partition coefficient (Wildman–Crippen LogP) is 5.02. The number of para-hydroxylation sites is 1. The molecule has 4 aromatic rings. The predicted molar refractivity (Wildman–Crippen MR) is 106 cm³/mol. The molecule has 3 heterocycles.